The van der Waals surface area contributed by atoms with Crippen molar-refractivity contribution in [2.75, 3.05) is 6.61 Å². The third-order valence-electron chi connectivity index (χ3n) is 3.28. The first-order valence-corrected chi connectivity index (χ1v) is 7.49. The van der Waals surface area contributed by atoms with Gasteiger partial charge >= 0.3 is 0 Å². The number of unbranched alkanes of at least 4 members (excludes halogenated alkanes) is 2. The number of carbonyl (C=O) groups excluding carboxylic acids is 2. The molecule has 0 radical (unpaired) electrons. The van der Waals surface area contributed by atoms with Gasteiger partial charge in [0.15, 0.2) is 0 Å². The summed E-state index contributed by atoms with van der Waals surface area (Å²) in [6.07, 6.45) is 2.46. The summed E-state index contributed by atoms with van der Waals surface area (Å²) in [7, 11) is 0. The van der Waals surface area contributed by atoms with Gasteiger partial charge in [-0.15, -0.1) is 0 Å². The lowest BCUT2D eigenvalue weighted by molar-refractivity contribution is -0.129. The second-order valence-electron chi connectivity index (χ2n) is 5.40. The summed E-state index contributed by atoms with van der Waals surface area (Å²) in [5.74, 6) is -0.227. The molecule has 6 heteroatoms. The molecule has 6 nitrogen and oxygen atoms in total. The van der Waals surface area contributed by atoms with E-state index >= 15 is 0 Å². The molecule has 0 fully saturated rings. The number of nitrogens with one attached hydrogen (secondary N) is 2. The van der Waals surface area contributed by atoms with Gasteiger partial charge in [-0.1, -0.05) is 32.4 Å². The van der Waals surface area contributed by atoms with Crippen LogP contribution >= 0.6 is 0 Å². The van der Waals surface area contributed by atoms with Crippen LogP contribution in [0.25, 0.3) is 0 Å². The van der Waals surface area contributed by atoms with E-state index < -0.39 is 0 Å². The zero-order valence-electron chi connectivity index (χ0n) is 13.1. The number of hydrogen-bond acceptors (Lipinski definition) is 4. The van der Waals surface area contributed by atoms with E-state index in [1.807, 2.05) is 12.1 Å². The van der Waals surface area contributed by atoms with E-state index in [-0.39, 0.29) is 18.2 Å². The van der Waals surface area contributed by atoms with Crippen LogP contribution in [-0.2, 0) is 9.63 Å². The molecule has 1 aromatic rings. The zero-order chi connectivity index (χ0) is 16.4. The molecule has 0 saturated heterocycles. The maximum Gasteiger partial charge on any atom is 0.274 e. The van der Waals surface area contributed by atoms with Crippen molar-refractivity contribution in [3.05, 3.63) is 35.4 Å². The van der Waals surface area contributed by atoms with Crippen molar-refractivity contribution in [2.24, 2.45) is 0 Å². The maximum absolute atomic E-state index is 11.8. The summed E-state index contributed by atoms with van der Waals surface area (Å²) in [4.78, 5) is 27.7. The minimum absolute atomic E-state index is 0.269. The van der Waals surface area contributed by atoms with E-state index in [2.05, 4.69) is 19.3 Å². The fourth-order valence-corrected chi connectivity index (χ4v) is 1.89. The summed E-state index contributed by atoms with van der Waals surface area (Å²) < 4.78 is 0. The lowest BCUT2D eigenvalue weighted by Crippen LogP contribution is -2.24. The van der Waals surface area contributed by atoms with E-state index in [1.165, 1.54) is 5.56 Å². The van der Waals surface area contributed by atoms with Gasteiger partial charge in [0.2, 0.25) is 5.91 Å². The number of rotatable bonds is 9. The third kappa shape index (κ3) is 6.69. The molecule has 0 atom stereocenters. The van der Waals surface area contributed by atoms with E-state index in [0.717, 1.165) is 12.8 Å². The van der Waals surface area contributed by atoms with Crippen molar-refractivity contribution in [3.63, 3.8) is 0 Å². The third-order valence-corrected chi connectivity index (χ3v) is 3.28. The molecule has 22 heavy (non-hydrogen) atoms. The number of hydrogen-bond donors (Lipinski definition) is 3. The summed E-state index contributed by atoms with van der Waals surface area (Å²) in [6, 6.07) is 7.43. The molecule has 0 aliphatic rings. The average molecular weight is 308 g/mol. The van der Waals surface area contributed by atoms with Crippen LogP contribution in [0.1, 0.15) is 61.4 Å². The van der Waals surface area contributed by atoms with Crippen molar-refractivity contribution in [1.82, 2.24) is 11.0 Å². The highest BCUT2D eigenvalue weighted by Gasteiger charge is 2.06. The van der Waals surface area contributed by atoms with Crippen LogP contribution in [0, 0.1) is 0 Å². The average Bonchev–Trinajstić information content (AvgIpc) is 2.53. The number of amides is 2. The van der Waals surface area contributed by atoms with Crippen LogP contribution in [0.2, 0.25) is 0 Å². The molecule has 2 amide bonds. The molecule has 0 heterocycles. The van der Waals surface area contributed by atoms with Crippen LogP contribution in [-0.4, -0.2) is 23.6 Å². The van der Waals surface area contributed by atoms with Gasteiger partial charge in [-0.3, -0.25) is 19.6 Å². The fraction of sp³-hybridized carbons (Fsp3) is 0.500. The molecule has 1 aromatic carbocycles. The van der Waals surface area contributed by atoms with Gasteiger partial charge in [-0.05, 0) is 36.5 Å². The standard InChI is InChI=1S/C16H24N2O4/c1-12(2)13-7-9-14(10-8-13)16(20)18-22-11-5-3-4-6-15(19)17-21/h7-10,12,21H,3-6,11H2,1-2H3,(H,17,19)(H,18,20). The zero-order valence-corrected chi connectivity index (χ0v) is 13.1. The molecule has 0 bridgehead atoms. The van der Waals surface area contributed by atoms with Crippen LogP contribution in [0.5, 0.6) is 0 Å². The molecule has 0 aromatic heterocycles. The molecule has 0 aliphatic carbocycles. The minimum Gasteiger partial charge on any atom is -0.289 e. The normalized spacial score (nSPS) is 10.5. The summed E-state index contributed by atoms with van der Waals surface area (Å²) in [5, 5.41) is 8.32. The van der Waals surface area contributed by atoms with Gasteiger partial charge < -0.3 is 0 Å². The largest absolute Gasteiger partial charge is 0.289 e. The van der Waals surface area contributed by atoms with Crippen molar-refractivity contribution in [3.8, 4) is 0 Å². The SMILES string of the molecule is CC(C)c1ccc(C(=O)NOCCCCCC(=O)NO)cc1. The number of hydroxylamine groups is 2. The first-order chi connectivity index (χ1) is 10.5. The maximum atomic E-state index is 11.8. The Labute approximate surface area is 130 Å². The van der Waals surface area contributed by atoms with Gasteiger partial charge in [-0.2, -0.15) is 0 Å². The van der Waals surface area contributed by atoms with Gasteiger partial charge in [0.25, 0.3) is 5.91 Å². The minimum atomic E-state index is -0.390. The molecule has 3 N–H and O–H groups in total. The van der Waals surface area contributed by atoms with Crippen LogP contribution in [0.3, 0.4) is 0 Å². The molecule has 0 spiro atoms. The van der Waals surface area contributed by atoms with Crippen molar-refractivity contribution in [2.45, 2.75) is 45.4 Å². The Morgan fingerprint density at radius 2 is 1.82 bits per heavy atom. The highest BCUT2D eigenvalue weighted by molar-refractivity contribution is 5.93. The second-order valence-corrected chi connectivity index (χ2v) is 5.40. The van der Waals surface area contributed by atoms with E-state index in [1.54, 1.807) is 17.6 Å². The lowest BCUT2D eigenvalue weighted by atomic mass is 10.0. The highest BCUT2D eigenvalue weighted by atomic mass is 16.6. The van der Waals surface area contributed by atoms with Crippen molar-refractivity contribution >= 4 is 11.8 Å². The van der Waals surface area contributed by atoms with Crippen LogP contribution in [0.15, 0.2) is 24.3 Å². The van der Waals surface area contributed by atoms with E-state index in [0.29, 0.717) is 24.5 Å². The molecular weight excluding hydrogens is 284 g/mol. The fourth-order valence-electron chi connectivity index (χ4n) is 1.89. The van der Waals surface area contributed by atoms with Gasteiger partial charge in [0.1, 0.15) is 0 Å². The highest BCUT2D eigenvalue weighted by Crippen LogP contribution is 2.14. The smallest absolute Gasteiger partial charge is 0.274 e. The van der Waals surface area contributed by atoms with E-state index in [9.17, 15) is 9.59 Å². The lowest BCUT2D eigenvalue weighted by Gasteiger charge is -2.08. The number of benzene rings is 1. The predicted molar refractivity (Wildman–Crippen MR) is 82.3 cm³/mol. The molecule has 0 aliphatic heterocycles. The Bertz CT molecular complexity index is 472. The van der Waals surface area contributed by atoms with E-state index in [4.69, 9.17) is 10.0 Å². The monoisotopic (exact) mass is 308 g/mol. The molecule has 122 valence electrons. The van der Waals surface area contributed by atoms with Gasteiger partial charge in [0.05, 0.1) is 6.61 Å². The van der Waals surface area contributed by atoms with Gasteiger partial charge in [-0.25, -0.2) is 11.0 Å². The quantitative estimate of drug-likeness (QED) is 0.371. The summed E-state index contributed by atoms with van der Waals surface area (Å²) in [6.45, 7) is 4.58. The Kier molecular flexibility index (Phi) is 8.17. The first-order valence-electron chi connectivity index (χ1n) is 7.49. The molecular formula is C16H24N2O4. The van der Waals surface area contributed by atoms with Gasteiger partial charge in [0, 0.05) is 12.0 Å². The Hall–Kier alpha value is -1.92. The summed E-state index contributed by atoms with van der Waals surface area (Å²) >= 11 is 0. The number of carbonyl (C=O) groups is 2. The predicted octanol–water partition coefficient (Wildman–Crippen LogP) is 2.54. The molecule has 1 rings (SSSR count). The summed E-state index contributed by atoms with van der Waals surface area (Å²) in [5.41, 5.74) is 5.73. The van der Waals surface area contributed by atoms with Crippen molar-refractivity contribution < 1.29 is 19.6 Å². The topological polar surface area (TPSA) is 87.7 Å². The second kappa shape index (κ2) is 9.92. The first kappa shape index (κ1) is 18.1. The van der Waals surface area contributed by atoms with Crippen LogP contribution in [0.4, 0.5) is 0 Å². The Morgan fingerprint density at radius 3 is 2.41 bits per heavy atom. The van der Waals surface area contributed by atoms with Crippen molar-refractivity contribution in [1.29, 1.82) is 0 Å². The Morgan fingerprint density at radius 1 is 1.14 bits per heavy atom. The molecule has 0 unspecified atom stereocenters. The molecule has 0 saturated carbocycles. The Balaban J connectivity index is 2.16. The van der Waals surface area contributed by atoms with Crippen LogP contribution < -0.4 is 11.0 Å².